The Hall–Kier alpha value is -1.88. The maximum atomic E-state index is 11.9. The molecule has 0 spiro atoms. The zero-order valence-electron chi connectivity index (χ0n) is 12.9. The van der Waals surface area contributed by atoms with E-state index in [0.29, 0.717) is 13.2 Å². The molecule has 0 aliphatic carbocycles. The molecular weight excluding hydrogens is 268 g/mol. The van der Waals surface area contributed by atoms with Crippen LogP contribution in [-0.4, -0.2) is 30.5 Å². The van der Waals surface area contributed by atoms with Crippen molar-refractivity contribution < 1.29 is 14.3 Å². The molecule has 0 bridgehead atoms. The molecule has 116 valence electrons. The van der Waals surface area contributed by atoms with E-state index in [2.05, 4.69) is 10.6 Å². The van der Waals surface area contributed by atoms with Gasteiger partial charge in [0.2, 0.25) is 11.8 Å². The highest BCUT2D eigenvalue weighted by Crippen LogP contribution is 2.03. The lowest BCUT2D eigenvalue weighted by atomic mass is 10.2. The first-order valence-electron chi connectivity index (χ1n) is 7.28. The van der Waals surface area contributed by atoms with Crippen LogP contribution in [0.1, 0.15) is 32.8 Å². The smallest absolute Gasteiger partial charge is 0.249 e. The molecular formula is C16H24N2O3. The molecule has 5 nitrogen and oxygen atoms in total. The average molecular weight is 292 g/mol. The minimum Gasteiger partial charge on any atom is -0.364 e. The van der Waals surface area contributed by atoms with Crippen molar-refractivity contribution in [1.29, 1.82) is 0 Å². The third kappa shape index (κ3) is 6.40. The molecule has 2 N–H and O–H groups in total. The highest BCUT2D eigenvalue weighted by atomic mass is 16.5. The summed E-state index contributed by atoms with van der Waals surface area (Å²) in [7, 11) is 0. The first-order chi connectivity index (χ1) is 10.0. The van der Waals surface area contributed by atoms with E-state index in [1.54, 1.807) is 13.8 Å². The summed E-state index contributed by atoms with van der Waals surface area (Å²) in [6, 6.07) is 9.08. The Bertz CT molecular complexity index is 448. The maximum absolute atomic E-state index is 11.9. The molecule has 1 aromatic rings. The van der Waals surface area contributed by atoms with Gasteiger partial charge in [-0.1, -0.05) is 37.3 Å². The van der Waals surface area contributed by atoms with E-state index >= 15 is 0 Å². The summed E-state index contributed by atoms with van der Waals surface area (Å²) in [5.41, 5.74) is 1.01. The van der Waals surface area contributed by atoms with E-state index < -0.39 is 12.1 Å². The Labute approximate surface area is 126 Å². The lowest BCUT2D eigenvalue weighted by Crippen LogP contribution is -2.48. The number of carbonyl (C=O) groups excluding carboxylic acids is 2. The molecule has 0 fully saturated rings. The van der Waals surface area contributed by atoms with Gasteiger partial charge in [-0.25, -0.2) is 0 Å². The molecule has 2 atom stereocenters. The lowest BCUT2D eigenvalue weighted by Gasteiger charge is -2.17. The van der Waals surface area contributed by atoms with Crippen molar-refractivity contribution in [3.05, 3.63) is 35.9 Å². The summed E-state index contributed by atoms with van der Waals surface area (Å²) in [4.78, 5) is 23.6. The fourth-order valence-corrected chi connectivity index (χ4v) is 1.67. The summed E-state index contributed by atoms with van der Waals surface area (Å²) in [6.45, 7) is 6.29. The van der Waals surface area contributed by atoms with Gasteiger partial charge in [0.05, 0.1) is 6.61 Å². The van der Waals surface area contributed by atoms with Crippen LogP contribution in [0.4, 0.5) is 0 Å². The molecule has 2 amide bonds. The minimum atomic E-state index is -0.605. The highest BCUT2D eigenvalue weighted by Gasteiger charge is 2.19. The van der Waals surface area contributed by atoms with Gasteiger partial charge in [0.15, 0.2) is 0 Å². The van der Waals surface area contributed by atoms with Crippen molar-refractivity contribution >= 4 is 11.8 Å². The van der Waals surface area contributed by atoms with Crippen LogP contribution in [0.3, 0.4) is 0 Å². The van der Waals surface area contributed by atoms with Gasteiger partial charge in [-0.05, 0) is 25.8 Å². The topological polar surface area (TPSA) is 67.4 Å². The maximum Gasteiger partial charge on any atom is 0.249 e. The number of carbonyl (C=O) groups is 2. The number of ether oxygens (including phenoxy) is 1. The Balaban J connectivity index is 2.35. The van der Waals surface area contributed by atoms with Gasteiger partial charge < -0.3 is 15.4 Å². The van der Waals surface area contributed by atoms with Crippen molar-refractivity contribution in [3.63, 3.8) is 0 Å². The van der Waals surface area contributed by atoms with Crippen molar-refractivity contribution in [1.82, 2.24) is 10.6 Å². The average Bonchev–Trinajstić information content (AvgIpc) is 2.50. The molecule has 1 aromatic carbocycles. The van der Waals surface area contributed by atoms with Gasteiger partial charge in [0, 0.05) is 6.54 Å². The van der Waals surface area contributed by atoms with Gasteiger partial charge in [0.1, 0.15) is 12.1 Å². The number of amides is 2. The number of hydrogen-bond donors (Lipinski definition) is 2. The van der Waals surface area contributed by atoms with Gasteiger partial charge in [-0.2, -0.15) is 0 Å². The first kappa shape index (κ1) is 17.2. The molecule has 0 heterocycles. The van der Waals surface area contributed by atoms with Crippen LogP contribution < -0.4 is 10.6 Å². The second-order valence-corrected chi connectivity index (χ2v) is 4.96. The highest BCUT2D eigenvalue weighted by molar-refractivity contribution is 5.88. The second kappa shape index (κ2) is 9.13. The SMILES string of the molecule is CCCNC(=O)[C@@H](C)NC(=O)[C@@H](C)OCc1ccccc1. The summed E-state index contributed by atoms with van der Waals surface area (Å²) < 4.78 is 5.51. The summed E-state index contributed by atoms with van der Waals surface area (Å²) in [6.07, 6.45) is 0.259. The number of benzene rings is 1. The Morgan fingerprint density at radius 2 is 1.81 bits per heavy atom. The van der Waals surface area contributed by atoms with Crippen LogP contribution in [0.15, 0.2) is 30.3 Å². The third-order valence-corrected chi connectivity index (χ3v) is 3.01. The molecule has 0 aliphatic rings. The fraction of sp³-hybridized carbons (Fsp3) is 0.500. The van der Waals surface area contributed by atoms with E-state index in [0.717, 1.165) is 12.0 Å². The van der Waals surface area contributed by atoms with E-state index in [4.69, 9.17) is 4.74 Å². The molecule has 0 unspecified atom stereocenters. The summed E-state index contributed by atoms with van der Waals surface area (Å²) in [5, 5.41) is 5.39. The van der Waals surface area contributed by atoms with Gasteiger partial charge in [0.25, 0.3) is 0 Å². The van der Waals surface area contributed by atoms with E-state index in [1.807, 2.05) is 37.3 Å². The Morgan fingerprint density at radius 3 is 2.43 bits per heavy atom. The van der Waals surface area contributed by atoms with Crippen molar-refractivity contribution in [2.45, 2.75) is 45.9 Å². The van der Waals surface area contributed by atoms with Crippen LogP contribution in [0.2, 0.25) is 0 Å². The van der Waals surface area contributed by atoms with E-state index in [-0.39, 0.29) is 11.8 Å². The molecule has 1 rings (SSSR count). The molecule has 0 aromatic heterocycles. The van der Waals surface area contributed by atoms with Crippen molar-refractivity contribution in [3.8, 4) is 0 Å². The summed E-state index contributed by atoms with van der Waals surface area (Å²) >= 11 is 0. The van der Waals surface area contributed by atoms with Crippen LogP contribution >= 0.6 is 0 Å². The molecule has 0 radical (unpaired) electrons. The predicted molar refractivity (Wildman–Crippen MR) is 81.6 cm³/mol. The number of rotatable bonds is 8. The minimum absolute atomic E-state index is 0.180. The van der Waals surface area contributed by atoms with Gasteiger partial charge >= 0.3 is 0 Å². The lowest BCUT2D eigenvalue weighted by molar-refractivity contribution is -0.136. The van der Waals surface area contributed by atoms with Crippen molar-refractivity contribution in [2.75, 3.05) is 6.54 Å². The second-order valence-electron chi connectivity index (χ2n) is 4.96. The summed E-state index contributed by atoms with van der Waals surface area (Å²) in [5.74, 6) is -0.467. The quantitative estimate of drug-likeness (QED) is 0.765. The Morgan fingerprint density at radius 1 is 1.14 bits per heavy atom. The largest absolute Gasteiger partial charge is 0.364 e. The van der Waals surface area contributed by atoms with E-state index in [1.165, 1.54) is 0 Å². The standard InChI is InChI=1S/C16H24N2O3/c1-4-10-17-15(19)12(2)18-16(20)13(3)21-11-14-8-6-5-7-9-14/h5-9,12-13H,4,10-11H2,1-3H3,(H,17,19)(H,18,20)/t12-,13-/m1/s1. The third-order valence-electron chi connectivity index (χ3n) is 3.01. The molecule has 0 saturated carbocycles. The van der Waals surface area contributed by atoms with Crippen molar-refractivity contribution in [2.24, 2.45) is 0 Å². The van der Waals surface area contributed by atoms with E-state index in [9.17, 15) is 9.59 Å². The normalized spacial score (nSPS) is 13.3. The monoisotopic (exact) mass is 292 g/mol. The zero-order valence-corrected chi connectivity index (χ0v) is 12.9. The first-order valence-corrected chi connectivity index (χ1v) is 7.28. The van der Waals surface area contributed by atoms with Crippen LogP contribution in [-0.2, 0) is 20.9 Å². The number of hydrogen-bond acceptors (Lipinski definition) is 3. The van der Waals surface area contributed by atoms with Crippen LogP contribution in [0.5, 0.6) is 0 Å². The van der Waals surface area contributed by atoms with Crippen LogP contribution in [0.25, 0.3) is 0 Å². The molecule has 0 saturated heterocycles. The van der Waals surface area contributed by atoms with Crippen LogP contribution in [0, 0.1) is 0 Å². The fourth-order valence-electron chi connectivity index (χ4n) is 1.67. The molecule has 5 heteroatoms. The van der Waals surface area contributed by atoms with Gasteiger partial charge in [-0.15, -0.1) is 0 Å². The zero-order chi connectivity index (χ0) is 15.7. The predicted octanol–water partition coefficient (Wildman–Crippen LogP) is 1.62. The van der Waals surface area contributed by atoms with Gasteiger partial charge in [-0.3, -0.25) is 9.59 Å². The molecule has 0 aliphatic heterocycles. The number of nitrogens with one attached hydrogen (secondary N) is 2. The Kier molecular flexibility index (Phi) is 7.46. The molecule has 21 heavy (non-hydrogen) atoms.